The van der Waals surface area contributed by atoms with Crippen molar-refractivity contribution >= 4 is 28.2 Å². The Kier molecular flexibility index (Phi) is 3.24. The molecular weight excluding hydrogens is 236 g/mol. The van der Waals surface area contributed by atoms with E-state index < -0.39 is 0 Å². The summed E-state index contributed by atoms with van der Waals surface area (Å²) in [7, 11) is 3.79. The lowest BCUT2D eigenvalue weighted by Crippen LogP contribution is -2.28. The summed E-state index contributed by atoms with van der Waals surface area (Å²) < 4.78 is 0. The van der Waals surface area contributed by atoms with Gasteiger partial charge in [-0.2, -0.15) is 0 Å². The van der Waals surface area contributed by atoms with Gasteiger partial charge in [0.2, 0.25) is 0 Å². The van der Waals surface area contributed by atoms with Crippen LogP contribution in [0, 0.1) is 5.92 Å². The lowest BCUT2D eigenvalue weighted by molar-refractivity contribution is 0.0793. The largest absolute Gasteiger partial charge is 0.382 e. The van der Waals surface area contributed by atoms with Gasteiger partial charge in [-0.25, -0.2) is 4.98 Å². The van der Waals surface area contributed by atoms with Crippen LogP contribution in [-0.2, 0) is 0 Å². The molecule has 1 unspecified atom stereocenters. The van der Waals surface area contributed by atoms with Gasteiger partial charge in [-0.1, -0.05) is 18.3 Å². The van der Waals surface area contributed by atoms with Gasteiger partial charge in [0.05, 0.1) is 0 Å². The number of carbonyl (C=O) groups is 1. The summed E-state index contributed by atoms with van der Waals surface area (Å²) in [6, 6.07) is 0. The predicted octanol–water partition coefficient (Wildman–Crippen LogP) is 1.27. The number of nitrogen functional groups attached to an aromatic ring is 1. The summed E-state index contributed by atoms with van der Waals surface area (Å²) in [5.74, 6) is 0.960. The van der Waals surface area contributed by atoms with Crippen molar-refractivity contribution < 1.29 is 4.79 Å². The Balaban J connectivity index is 2.19. The molecular formula is C11H18N4OS. The molecule has 2 rings (SSSR count). The van der Waals surface area contributed by atoms with Crippen LogP contribution < -0.4 is 10.6 Å². The molecule has 1 amide bonds. The van der Waals surface area contributed by atoms with Crippen LogP contribution in [0.2, 0.25) is 0 Å². The molecule has 1 aliphatic rings. The Morgan fingerprint density at radius 3 is 2.76 bits per heavy atom. The standard InChI is InChI=1S/C11H18N4OS/c1-7-4-5-15(6-7)10(16)8-9(12)13-11(17-8)14(2)3/h7H,4-6,12H2,1-3H3. The topological polar surface area (TPSA) is 62.5 Å². The summed E-state index contributed by atoms with van der Waals surface area (Å²) >= 11 is 1.36. The fourth-order valence-electron chi connectivity index (χ4n) is 1.93. The highest BCUT2D eigenvalue weighted by atomic mass is 32.1. The van der Waals surface area contributed by atoms with Crippen molar-refractivity contribution in [1.82, 2.24) is 9.88 Å². The number of nitrogens with two attached hydrogens (primary N) is 1. The maximum atomic E-state index is 12.2. The van der Waals surface area contributed by atoms with Crippen LogP contribution in [0.25, 0.3) is 0 Å². The van der Waals surface area contributed by atoms with Crippen molar-refractivity contribution in [1.29, 1.82) is 0 Å². The highest BCUT2D eigenvalue weighted by molar-refractivity contribution is 7.18. The fourth-order valence-corrected chi connectivity index (χ4v) is 2.80. The van der Waals surface area contributed by atoms with Crippen LogP contribution in [0.4, 0.5) is 10.9 Å². The minimum Gasteiger partial charge on any atom is -0.382 e. The van der Waals surface area contributed by atoms with Gasteiger partial charge in [0.15, 0.2) is 5.13 Å². The lowest BCUT2D eigenvalue weighted by Gasteiger charge is -2.14. The first-order chi connectivity index (χ1) is 7.99. The first-order valence-corrected chi connectivity index (χ1v) is 6.53. The first kappa shape index (κ1) is 12.2. The molecule has 2 N–H and O–H groups in total. The molecule has 0 aromatic carbocycles. The van der Waals surface area contributed by atoms with Gasteiger partial charge in [0, 0.05) is 27.2 Å². The Labute approximate surface area is 105 Å². The van der Waals surface area contributed by atoms with E-state index in [1.165, 1.54) is 11.3 Å². The van der Waals surface area contributed by atoms with Crippen molar-refractivity contribution in [2.24, 2.45) is 5.92 Å². The van der Waals surface area contributed by atoms with Gasteiger partial charge in [-0.05, 0) is 12.3 Å². The molecule has 0 spiro atoms. The third kappa shape index (κ3) is 2.36. The monoisotopic (exact) mass is 254 g/mol. The molecule has 94 valence electrons. The number of nitrogens with zero attached hydrogens (tertiary/aromatic N) is 3. The smallest absolute Gasteiger partial charge is 0.267 e. The number of likely N-dealkylation sites (tertiary alicyclic amines) is 1. The zero-order chi connectivity index (χ0) is 12.6. The van der Waals surface area contributed by atoms with Crippen molar-refractivity contribution in [3.05, 3.63) is 4.88 Å². The fraction of sp³-hybridized carbons (Fsp3) is 0.636. The number of amides is 1. The predicted molar refractivity (Wildman–Crippen MR) is 70.5 cm³/mol. The van der Waals surface area contributed by atoms with E-state index >= 15 is 0 Å². The average molecular weight is 254 g/mol. The van der Waals surface area contributed by atoms with E-state index in [1.807, 2.05) is 23.9 Å². The Morgan fingerprint density at radius 1 is 1.59 bits per heavy atom. The molecule has 0 bridgehead atoms. The highest BCUT2D eigenvalue weighted by Crippen LogP contribution is 2.29. The molecule has 1 aliphatic heterocycles. The molecule has 0 saturated carbocycles. The summed E-state index contributed by atoms with van der Waals surface area (Å²) in [4.78, 5) is 20.8. The number of anilines is 2. The summed E-state index contributed by atoms with van der Waals surface area (Å²) in [5.41, 5.74) is 5.81. The molecule has 0 radical (unpaired) electrons. The Bertz CT molecular complexity index is 429. The minimum absolute atomic E-state index is 0.0254. The van der Waals surface area contributed by atoms with Gasteiger partial charge in [0.25, 0.3) is 5.91 Å². The second kappa shape index (κ2) is 4.52. The van der Waals surface area contributed by atoms with E-state index in [0.717, 1.165) is 24.6 Å². The second-order valence-electron chi connectivity index (χ2n) is 4.75. The van der Waals surface area contributed by atoms with Crippen molar-refractivity contribution in [2.45, 2.75) is 13.3 Å². The normalized spacial score (nSPS) is 19.7. The van der Waals surface area contributed by atoms with Crippen LogP contribution in [0.15, 0.2) is 0 Å². The Hall–Kier alpha value is -1.30. The molecule has 2 heterocycles. The number of aromatic nitrogens is 1. The third-order valence-corrected chi connectivity index (χ3v) is 4.16. The average Bonchev–Trinajstić information content (AvgIpc) is 2.84. The zero-order valence-electron chi connectivity index (χ0n) is 10.4. The molecule has 5 nitrogen and oxygen atoms in total. The van der Waals surface area contributed by atoms with Crippen LogP contribution in [0.1, 0.15) is 23.0 Å². The summed E-state index contributed by atoms with van der Waals surface area (Å²) in [5, 5.41) is 0.776. The number of hydrogen-bond donors (Lipinski definition) is 1. The van der Waals surface area contributed by atoms with Gasteiger partial charge >= 0.3 is 0 Å². The molecule has 1 aromatic rings. The number of rotatable bonds is 2. The van der Waals surface area contributed by atoms with E-state index in [4.69, 9.17) is 5.73 Å². The molecule has 0 aliphatic carbocycles. The number of carbonyl (C=O) groups excluding carboxylic acids is 1. The summed E-state index contributed by atoms with van der Waals surface area (Å²) in [6.45, 7) is 3.82. The van der Waals surface area contributed by atoms with E-state index in [-0.39, 0.29) is 5.91 Å². The molecule has 6 heteroatoms. The van der Waals surface area contributed by atoms with Gasteiger partial charge in [-0.3, -0.25) is 4.79 Å². The number of thiazole rings is 1. The molecule has 1 saturated heterocycles. The zero-order valence-corrected chi connectivity index (χ0v) is 11.3. The van der Waals surface area contributed by atoms with Crippen molar-refractivity contribution in [3.8, 4) is 0 Å². The Morgan fingerprint density at radius 2 is 2.29 bits per heavy atom. The second-order valence-corrected chi connectivity index (χ2v) is 5.73. The lowest BCUT2D eigenvalue weighted by atomic mass is 10.2. The van der Waals surface area contributed by atoms with E-state index in [1.54, 1.807) is 0 Å². The first-order valence-electron chi connectivity index (χ1n) is 5.72. The van der Waals surface area contributed by atoms with Crippen LogP contribution in [0.3, 0.4) is 0 Å². The van der Waals surface area contributed by atoms with Crippen LogP contribution in [0.5, 0.6) is 0 Å². The molecule has 1 aromatic heterocycles. The van der Waals surface area contributed by atoms with Gasteiger partial charge in [0.1, 0.15) is 10.7 Å². The SMILES string of the molecule is CC1CCN(C(=O)c2sc(N(C)C)nc2N)C1. The van der Waals surface area contributed by atoms with E-state index in [0.29, 0.717) is 16.6 Å². The maximum absolute atomic E-state index is 12.2. The maximum Gasteiger partial charge on any atom is 0.267 e. The van der Waals surface area contributed by atoms with E-state index in [2.05, 4.69) is 11.9 Å². The van der Waals surface area contributed by atoms with Gasteiger partial charge in [-0.15, -0.1) is 0 Å². The van der Waals surface area contributed by atoms with Gasteiger partial charge < -0.3 is 15.5 Å². The minimum atomic E-state index is 0.0254. The quantitative estimate of drug-likeness (QED) is 0.863. The van der Waals surface area contributed by atoms with E-state index in [9.17, 15) is 4.79 Å². The van der Waals surface area contributed by atoms with Crippen molar-refractivity contribution in [2.75, 3.05) is 37.8 Å². The van der Waals surface area contributed by atoms with Crippen molar-refractivity contribution in [3.63, 3.8) is 0 Å². The molecule has 1 fully saturated rings. The third-order valence-electron chi connectivity index (χ3n) is 2.93. The number of hydrogen-bond acceptors (Lipinski definition) is 5. The van der Waals surface area contributed by atoms with Crippen LogP contribution in [-0.4, -0.2) is 43.0 Å². The summed E-state index contributed by atoms with van der Waals surface area (Å²) in [6.07, 6.45) is 1.07. The van der Waals surface area contributed by atoms with Crippen LogP contribution >= 0.6 is 11.3 Å². The highest BCUT2D eigenvalue weighted by Gasteiger charge is 2.27. The molecule has 1 atom stereocenters. The molecule has 17 heavy (non-hydrogen) atoms.